The molecule has 2 aliphatic heterocycles. The van der Waals surface area contributed by atoms with Crippen molar-refractivity contribution in [2.45, 2.75) is 37.3 Å². The smallest absolute Gasteiger partial charge is 0.242 e. The Kier molecular flexibility index (Phi) is 5.25. The molecule has 1 N–H and O–H groups in total. The van der Waals surface area contributed by atoms with Crippen LogP contribution in [-0.4, -0.2) is 58.5 Å². The summed E-state index contributed by atoms with van der Waals surface area (Å²) in [7, 11) is 0. The molecule has 31 heavy (non-hydrogen) atoms. The second-order valence-corrected chi connectivity index (χ2v) is 8.72. The lowest BCUT2D eigenvalue weighted by Crippen LogP contribution is -2.73. The first-order valence-corrected chi connectivity index (χ1v) is 11.0. The molecule has 3 atom stereocenters. The molecule has 3 aliphatic rings. The minimum atomic E-state index is -0.217. The Labute approximate surface area is 182 Å². The number of piperazine rings is 1. The number of carbonyl (C=O) groups excluding carboxylic acids is 2. The number of aliphatic hydroxyl groups is 1. The summed E-state index contributed by atoms with van der Waals surface area (Å²) in [6, 6.07) is 18.0. The number of rotatable bonds is 4. The second kappa shape index (κ2) is 8.20. The molecule has 158 valence electrons. The quantitative estimate of drug-likeness (QED) is 0.781. The van der Waals surface area contributed by atoms with Gasteiger partial charge in [0, 0.05) is 30.4 Å². The molecule has 3 fully saturated rings. The van der Waals surface area contributed by atoms with Gasteiger partial charge in [-0.25, -0.2) is 0 Å². The van der Waals surface area contributed by atoms with Crippen molar-refractivity contribution in [1.29, 1.82) is 0 Å². The Hall–Kier alpha value is -3.10. The van der Waals surface area contributed by atoms with Crippen molar-refractivity contribution >= 4 is 11.8 Å². The molecule has 1 aliphatic carbocycles. The van der Waals surface area contributed by atoms with Crippen molar-refractivity contribution in [3.8, 4) is 11.8 Å². The summed E-state index contributed by atoms with van der Waals surface area (Å²) in [6.45, 7) is 0.633. The van der Waals surface area contributed by atoms with E-state index in [9.17, 15) is 14.7 Å². The van der Waals surface area contributed by atoms with Gasteiger partial charge in [-0.2, -0.15) is 0 Å². The van der Waals surface area contributed by atoms with Gasteiger partial charge in [0.2, 0.25) is 11.8 Å². The van der Waals surface area contributed by atoms with Gasteiger partial charge < -0.3 is 14.9 Å². The second-order valence-electron chi connectivity index (χ2n) is 8.72. The summed E-state index contributed by atoms with van der Waals surface area (Å²) in [5, 5.41) is 9.93. The first-order chi connectivity index (χ1) is 15.2. The molecule has 5 rings (SSSR count). The van der Waals surface area contributed by atoms with E-state index >= 15 is 0 Å². The number of aliphatic hydroxyl groups excluding tert-OH is 1. The van der Waals surface area contributed by atoms with Gasteiger partial charge in [-0.05, 0) is 36.1 Å². The molecule has 2 amide bonds. The summed E-state index contributed by atoms with van der Waals surface area (Å²) in [6.07, 6.45) is 2.59. The van der Waals surface area contributed by atoms with Gasteiger partial charge in [0.15, 0.2) is 0 Å². The van der Waals surface area contributed by atoms with Crippen molar-refractivity contribution < 1.29 is 14.7 Å². The zero-order valence-electron chi connectivity index (χ0n) is 17.4. The van der Waals surface area contributed by atoms with Crippen molar-refractivity contribution in [2.75, 3.05) is 19.7 Å². The lowest BCUT2D eigenvalue weighted by atomic mass is 9.73. The van der Waals surface area contributed by atoms with E-state index in [-0.39, 0.29) is 48.9 Å². The molecular weight excluding hydrogens is 388 g/mol. The Morgan fingerprint density at radius 1 is 1.06 bits per heavy atom. The zero-order chi connectivity index (χ0) is 21.4. The largest absolute Gasteiger partial charge is 0.394 e. The third-order valence-corrected chi connectivity index (χ3v) is 6.65. The molecule has 0 unspecified atom stereocenters. The molecule has 0 aromatic heterocycles. The standard InChI is InChI=1S/C26H26N2O3/c29-17-23-25(22-15-27(16-24(30)28(22)23)26(31)21-13-14-21)20-11-9-19(10-12-20)8-4-7-18-5-2-1-3-6-18/h1-3,5-6,9-12,21-23,25,29H,7,13-17H2/t22-,23-,25+/m0/s1. The fourth-order valence-corrected chi connectivity index (χ4v) is 4.89. The van der Waals surface area contributed by atoms with E-state index in [0.717, 1.165) is 24.0 Å². The summed E-state index contributed by atoms with van der Waals surface area (Å²) >= 11 is 0. The molecule has 2 aromatic carbocycles. The van der Waals surface area contributed by atoms with E-state index in [1.54, 1.807) is 9.80 Å². The van der Waals surface area contributed by atoms with Gasteiger partial charge in [-0.15, -0.1) is 0 Å². The normalized spacial score (nSPS) is 24.7. The highest BCUT2D eigenvalue weighted by molar-refractivity contribution is 5.89. The molecule has 2 heterocycles. The van der Waals surface area contributed by atoms with E-state index in [1.807, 2.05) is 42.5 Å². The number of hydrogen-bond donors (Lipinski definition) is 1. The van der Waals surface area contributed by atoms with Gasteiger partial charge in [0.25, 0.3) is 0 Å². The zero-order valence-corrected chi connectivity index (χ0v) is 17.4. The van der Waals surface area contributed by atoms with Gasteiger partial charge in [0.05, 0.1) is 25.2 Å². The molecule has 1 saturated carbocycles. The number of carbonyl (C=O) groups is 2. The van der Waals surface area contributed by atoms with Crippen LogP contribution < -0.4 is 0 Å². The Bertz CT molecular complexity index is 1030. The summed E-state index contributed by atoms with van der Waals surface area (Å²) in [5.41, 5.74) is 3.23. The van der Waals surface area contributed by atoms with Crippen LogP contribution in [0.25, 0.3) is 0 Å². The van der Waals surface area contributed by atoms with Crippen LogP contribution in [0.15, 0.2) is 54.6 Å². The van der Waals surface area contributed by atoms with Crippen LogP contribution in [0.3, 0.4) is 0 Å². The average molecular weight is 415 g/mol. The maximum Gasteiger partial charge on any atom is 0.242 e. The van der Waals surface area contributed by atoms with Crippen LogP contribution in [0.2, 0.25) is 0 Å². The average Bonchev–Trinajstić information content (AvgIpc) is 3.62. The molecule has 2 saturated heterocycles. The van der Waals surface area contributed by atoms with Crippen LogP contribution in [0.1, 0.15) is 35.4 Å². The van der Waals surface area contributed by atoms with Crippen molar-refractivity contribution in [3.05, 3.63) is 71.3 Å². The fraction of sp³-hybridized carbons (Fsp3) is 0.385. The molecule has 0 radical (unpaired) electrons. The van der Waals surface area contributed by atoms with Crippen LogP contribution in [-0.2, 0) is 16.0 Å². The van der Waals surface area contributed by atoms with E-state index in [2.05, 4.69) is 24.0 Å². The third-order valence-electron chi connectivity index (χ3n) is 6.65. The van der Waals surface area contributed by atoms with Gasteiger partial charge >= 0.3 is 0 Å². The van der Waals surface area contributed by atoms with E-state index in [1.165, 1.54) is 5.56 Å². The predicted octanol–water partition coefficient (Wildman–Crippen LogP) is 2.19. The van der Waals surface area contributed by atoms with Crippen molar-refractivity contribution in [1.82, 2.24) is 9.80 Å². The van der Waals surface area contributed by atoms with Gasteiger partial charge in [0.1, 0.15) is 0 Å². The molecule has 0 spiro atoms. The molecule has 5 nitrogen and oxygen atoms in total. The van der Waals surface area contributed by atoms with Crippen molar-refractivity contribution in [2.24, 2.45) is 5.92 Å². The van der Waals surface area contributed by atoms with E-state index < -0.39 is 0 Å². The lowest BCUT2D eigenvalue weighted by molar-refractivity contribution is -0.167. The first kappa shape index (κ1) is 19.8. The molecular formula is C26H26N2O3. The Morgan fingerprint density at radius 3 is 2.48 bits per heavy atom. The van der Waals surface area contributed by atoms with E-state index in [4.69, 9.17) is 0 Å². The Balaban J connectivity index is 1.29. The van der Waals surface area contributed by atoms with E-state index in [0.29, 0.717) is 13.0 Å². The summed E-state index contributed by atoms with van der Waals surface area (Å²) in [4.78, 5) is 28.7. The van der Waals surface area contributed by atoms with Gasteiger partial charge in [-0.1, -0.05) is 54.3 Å². The topological polar surface area (TPSA) is 60.9 Å². The molecule has 5 heteroatoms. The first-order valence-electron chi connectivity index (χ1n) is 11.0. The fourth-order valence-electron chi connectivity index (χ4n) is 4.89. The number of nitrogens with zero attached hydrogens (tertiary/aromatic N) is 2. The highest BCUT2D eigenvalue weighted by Gasteiger charge is 2.55. The predicted molar refractivity (Wildman–Crippen MR) is 117 cm³/mol. The maximum absolute atomic E-state index is 12.7. The number of hydrogen-bond acceptors (Lipinski definition) is 3. The highest BCUT2D eigenvalue weighted by Crippen LogP contribution is 2.43. The molecule has 2 aromatic rings. The number of fused-ring (bicyclic) bond motifs is 1. The number of amides is 2. The summed E-state index contributed by atoms with van der Waals surface area (Å²) < 4.78 is 0. The van der Waals surface area contributed by atoms with Crippen LogP contribution in [0.4, 0.5) is 0 Å². The maximum atomic E-state index is 12.7. The minimum absolute atomic E-state index is 0.0371. The van der Waals surface area contributed by atoms with Crippen LogP contribution in [0.5, 0.6) is 0 Å². The minimum Gasteiger partial charge on any atom is -0.394 e. The summed E-state index contributed by atoms with van der Waals surface area (Å²) in [5.74, 6) is 6.63. The van der Waals surface area contributed by atoms with Crippen LogP contribution in [0, 0.1) is 17.8 Å². The van der Waals surface area contributed by atoms with Gasteiger partial charge in [-0.3, -0.25) is 9.59 Å². The SMILES string of the molecule is O=C(C1CC1)N1CC(=O)N2[C@@H](CO)[C@H](c3ccc(C#CCc4ccccc4)cc3)[C@@H]2C1. The molecule has 0 bridgehead atoms. The number of benzene rings is 2. The third kappa shape index (κ3) is 3.84. The lowest BCUT2D eigenvalue weighted by Gasteiger charge is -2.58. The van der Waals surface area contributed by atoms with Crippen molar-refractivity contribution in [3.63, 3.8) is 0 Å². The Morgan fingerprint density at radius 2 is 1.81 bits per heavy atom. The monoisotopic (exact) mass is 414 g/mol. The highest BCUT2D eigenvalue weighted by atomic mass is 16.3. The van der Waals surface area contributed by atoms with Crippen LogP contribution >= 0.6 is 0 Å².